The van der Waals surface area contributed by atoms with Gasteiger partial charge in [-0.05, 0) is 31.2 Å². The Balaban J connectivity index is 1.43. The van der Waals surface area contributed by atoms with Crippen molar-refractivity contribution in [3.8, 4) is 17.5 Å². The standard InChI is InChI=1S/C21H21N5OS2/c1-26-19(14-8-4-2-5-9-14)24-25-21(26)28-13-18(27)23-20-16(12-22)15-10-6-3-7-11-17(15)29-20/h2,4-5,8-9H,3,6-7,10-11,13H2,1H3,(H,23,27). The van der Waals surface area contributed by atoms with Gasteiger partial charge in [0.1, 0.15) is 11.1 Å². The van der Waals surface area contributed by atoms with Crippen LogP contribution in [0.1, 0.15) is 35.3 Å². The van der Waals surface area contributed by atoms with E-state index in [1.54, 1.807) is 11.3 Å². The van der Waals surface area contributed by atoms with Crippen molar-refractivity contribution in [2.75, 3.05) is 11.1 Å². The highest BCUT2D eigenvalue weighted by atomic mass is 32.2. The molecule has 29 heavy (non-hydrogen) atoms. The SMILES string of the molecule is Cn1c(SCC(=O)Nc2sc3c(c2C#N)CCCCC3)nnc1-c1ccccc1. The summed E-state index contributed by atoms with van der Waals surface area (Å²) in [5.74, 6) is 0.850. The molecule has 0 radical (unpaired) electrons. The number of nitriles is 1. The minimum absolute atomic E-state index is 0.132. The van der Waals surface area contributed by atoms with Crippen LogP contribution in [0.5, 0.6) is 0 Å². The summed E-state index contributed by atoms with van der Waals surface area (Å²) in [6.45, 7) is 0. The number of hydrogen-bond donors (Lipinski definition) is 1. The van der Waals surface area contributed by atoms with Crippen LogP contribution < -0.4 is 5.32 Å². The van der Waals surface area contributed by atoms with E-state index in [9.17, 15) is 10.1 Å². The van der Waals surface area contributed by atoms with Crippen molar-refractivity contribution in [1.29, 1.82) is 5.26 Å². The molecular formula is C21H21N5OS2. The van der Waals surface area contributed by atoms with Crippen molar-refractivity contribution < 1.29 is 4.79 Å². The quantitative estimate of drug-likeness (QED) is 0.485. The molecule has 2 heterocycles. The first-order valence-electron chi connectivity index (χ1n) is 9.59. The first-order chi connectivity index (χ1) is 14.2. The maximum atomic E-state index is 12.5. The Morgan fingerprint density at radius 1 is 1.24 bits per heavy atom. The molecule has 0 spiro atoms. The molecular weight excluding hydrogens is 402 g/mol. The van der Waals surface area contributed by atoms with Gasteiger partial charge in [-0.3, -0.25) is 4.79 Å². The molecule has 0 unspecified atom stereocenters. The number of hydrogen-bond acceptors (Lipinski definition) is 6. The third-order valence-corrected chi connectivity index (χ3v) is 7.21. The van der Waals surface area contributed by atoms with Crippen molar-refractivity contribution in [3.63, 3.8) is 0 Å². The summed E-state index contributed by atoms with van der Waals surface area (Å²) in [5, 5.41) is 22.4. The lowest BCUT2D eigenvalue weighted by Crippen LogP contribution is -2.14. The second-order valence-electron chi connectivity index (χ2n) is 6.95. The zero-order valence-electron chi connectivity index (χ0n) is 16.1. The molecule has 0 saturated heterocycles. The van der Waals surface area contributed by atoms with Gasteiger partial charge in [0, 0.05) is 17.5 Å². The molecule has 0 bridgehead atoms. The lowest BCUT2D eigenvalue weighted by atomic mass is 10.1. The van der Waals surface area contributed by atoms with Crippen LogP contribution in [0.2, 0.25) is 0 Å². The van der Waals surface area contributed by atoms with E-state index in [-0.39, 0.29) is 11.7 Å². The Hall–Kier alpha value is -2.63. The van der Waals surface area contributed by atoms with Gasteiger partial charge in [0.05, 0.1) is 11.3 Å². The van der Waals surface area contributed by atoms with Gasteiger partial charge in [-0.25, -0.2) is 0 Å². The van der Waals surface area contributed by atoms with Gasteiger partial charge in [-0.15, -0.1) is 21.5 Å². The molecule has 2 aromatic heterocycles. The normalized spacial score (nSPS) is 13.4. The van der Waals surface area contributed by atoms with Crippen LogP contribution in [0, 0.1) is 11.3 Å². The summed E-state index contributed by atoms with van der Waals surface area (Å²) in [4.78, 5) is 13.8. The summed E-state index contributed by atoms with van der Waals surface area (Å²) in [6.07, 6.45) is 5.39. The topological polar surface area (TPSA) is 83.6 Å². The second-order valence-corrected chi connectivity index (χ2v) is 9.00. The van der Waals surface area contributed by atoms with E-state index in [1.807, 2.05) is 41.9 Å². The van der Waals surface area contributed by atoms with E-state index in [4.69, 9.17) is 0 Å². The number of nitrogens with zero attached hydrogens (tertiary/aromatic N) is 4. The maximum Gasteiger partial charge on any atom is 0.235 e. The van der Waals surface area contributed by atoms with Crippen molar-refractivity contribution in [2.24, 2.45) is 7.05 Å². The van der Waals surface area contributed by atoms with E-state index in [1.165, 1.54) is 23.1 Å². The van der Waals surface area contributed by atoms with E-state index in [2.05, 4.69) is 21.6 Å². The zero-order valence-corrected chi connectivity index (χ0v) is 17.8. The first-order valence-corrected chi connectivity index (χ1v) is 11.4. The number of carbonyl (C=O) groups is 1. The number of nitrogens with one attached hydrogen (secondary N) is 1. The Kier molecular flexibility index (Phi) is 5.97. The molecule has 1 aliphatic carbocycles. The predicted molar refractivity (Wildman–Crippen MR) is 116 cm³/mol. The number of benzene rings is 1. The number of anilines is 1. The van der Waals surface area contributed by atoms with E-state index in [0.717, 1.165) is 42.6 Å². The Labute approximate surface area is 178 Å². The fourth-order valence-electron chi connectivity index (χ4n) is 3.52. The summed E-state index contributed by atoms with van der Waals surface area (Å²) >= 11 is 2.90. The molecule has 4 rings (SSSR count). The predicted octanol–water partition coefficient (Wildman–Crippen LogP) is 4.41. The van der Waals surface area contributed by atoms with Gasteiger partial charge in [-0.2, -0.15) is 5.26 Å². The minimum Gasteiger partial charge on any atom is -0.316 e. The largest absolute Gasteiger partial charge is 0.316 e. The van der Waals surface area contributed by atoms with E-state index >= 15 is 0 Å². The van der Waals surface area contributed by atoms with Gasteiger partial charge in [-0.1, -0.05) is 48.5 Å². The summed E-state index contributed by atoms with van der Waals surface area (Å²) in [7, 11) is 1.90. The molecule has 0 fully saturated rings. The van der Waals surface area contributed by atoms with Gasteiger partial charge in [0.15, 0.2) is 11.0 Å². The van der Waals surface area contributed by atoms with Crippen molar-refractivity contribution in [2.45, 2.75) is 37.3 Å². The van der Waals surface area contributed by atoms with Crippen LogP contribution in [0.25, 0.3) is 11.4 Å². The average molecular weight is 424 g/mol. The Bertz CT molecular complexity index is 1060. The summed E-state index contributed by atoms with van der Waals surface area (Å²) in [5.41, 5.74) is 2.77. The minimum atomic E-state index is -0.132. The monoisotopic (exact) mass is 423 g/mol. The number of thioether (sulfide) groups is 1. The van der Waals surface area contributed by atoms with Crippen molar-refractivity contribution in [1.82, 2.24) is 14.8 Å². The summed E-state index contributed by atoms with van der Waals surface area (Å²) in [6, 6.07) is 12.1. The fourth-order valence-corrected chi connectivity index (χ4v) is 5.49. The maximum absolute atomic E-state index is 12.5. The van der Waals surface area contributed by atoms with Gasteiger partial charge < -0.3 is 9.88 Å². The van der Waals surface area contributed by atoms with Crippen LogP contribution in [0.3, 0.4) is 0 Å². The third kappa shape index (κ3) is 4.21. The van der Waals surface area contributed by atoms with Crippen LogP contribution in [0.15, 0.2) is 35.5 Å². The summed E-state index contributed by atoms with van der Waals surface area (Å²) < 4.78 is 1.89. The molecule has 0 atom stereocenters. The zero-order chi connectivity index (χ0) is 20.2. The van der Waals surface area contributed by atoms with Gasteiger partial charge in [0.2, 0.25) is 5.91 Å². The number of carbonyl (C=O) groups excluding carboxylic acids is 1. The lowest BCUT2D eigenvalue weighted by molar-refractivity contribution is -0.113. The molecule has 0 saturated carbocycles. The molecule has 0 aliphatic heterocycles. The smallest absolute Gasteiger partial charge is 0.235 e. The molecule has 6 nitrogen and oxygen atoms in total. The molecule has 1 N–H and O–H groups in total. The van der Waals surface area contributed by atoms with Crippen molar-refractivity contribution >= 4 is 34.0 Å². The molecule has 1 aromatic carbocycles. The molecule has 1 amide bonds. The lowest BCUT2D eigenvalue weighted by Gasteiger charge is -2.05. The Morgan fingerprint density at radius 2 is 2.03 bits per heavy atom. The number of thiophene rings is 1. The molecule has 1 aliphatic rings. The number of rotatable bonds is 5. The van der Waals surface area contributed by atoms with Crippen LogP contribution >= 0.6 is 23.1 Å². The number of aromatic nitrogens is 3. The van der Waals surface area contributed by atoms with Crippen LogP contribution in [-0.2, 0) is 24.7 Å². The highest BCUT2D eigenvalue weighted by Crippen LogP contribution is 2.37. The molecule has 3 aromatic rings. The van der Waals surface area contributed by atoms with Crippen LogP contribution in [0.4, 0.5) is 5.00 Å². The third-order valence-electron chi connectivity index (χ3n) is 4.99. The van der Waals surface area contributed by atoms with Gasteiger partial charge in [0.25, 0.3) is 0 Å². The van der Waals surface area contributed by atoms with E-state index in [0.29, 0.717) is 15.7 Å². The van der Waals surface area contributed by atoms with Crippen LogP contribution in [-0.4, -0.2) is 26.4 Å². The van der Waals surface area contributed by atoms with E-state index < -0.39 is 0 Å². The Morgan fingerprint density at radius 3 is 2.83 bits per heavy atom. The number of fused-ring (bicyclic) bond motifs is 1. The molecule has 148 valence electrons. The second kappa shape index (κ2) is 8.80. The first kappa shape index (κ1) is 19.7. The average Bonchev–Trinajstić information content (AvgIpc) is 3.17. The molecule has 8 heteroatoms. The highest BCUT2D eigenvalue weighted by Gasteiger charge is 2.21. The highest BCUT2D eigenvalue weighted by molar-refractivity contribution is 7.99. The van der Waals surface area contributed by atoms with Gasteiger partial charge >= 0.3 is 0 Å². The number of amides is 1. The fraction of sp³-hybridized carbons (Fsp3) is 0.333. The number of aryl methyl sites for hydroxylation is 1. The van der Waals surface area contributed by atoms with Crippen molar-refractivity contribution in [3.05, 3.63) is 46.3 Å².